The summed E-state index contributed by atoms with van der Waals surface area (Å²) >= 11 is 0. The lowest BCUT2D eigenvalue weighted by molar-refractivity contribution is -0.274. The lowest BCUT2D eigenvalue weighted by Crippen LogP contribution is -2.46. The van der Waals surface area contributed by atoms with Gasteiger partial charge in [-0.1, -0.05) is 24.3 Å². The predicted octanol–water partition coefficient (Wildman–Crippen LogP) is 6.27. The molecule has 6 rings (SSSR count). The van der Waals surface area contributed by atoms with Crippen LogP contribution in [-0.4, -0.2) is 45.6 Å². The predicted molar refractivity (Wildman–Crippen MR) is 133 cm³/mol. The van der Waals surface area contributed by atoms with Gasteiger partial charge in [-0.15, -0.1) is 13.2 Å². The Bertz CT molecular complexity index is 1320. The number of nitrogens with zero attached hydrogens (tertiary/aromatic N) is 2. The van der Waals surface area contributed by atoms with Gasteiger partial charge in [0.15, 0.2) is 5.69 Å². The molecule has 3 fully saturated rings. The maximum absolute atomic E-state index is 13.1. The van der Waals surface area contributed by atoms with Crippen LogP contribution in [0.5, 0.6) is 5.75 Å². The van der Waals surface area contributed by atoms with Gasteiger partial charge in [-0.3, -0.25) is 0 Å². The quantitative estimate of drug-likeness (QED) is 0.359. The van der Waals surface area contributed by atoms with Crippen LogP contribution in [0.1, 0.15) is 66.2 Å². The van der Waals surface area contributed by atoms with E-state index < -0.39 is 12.3 Å². The number of pyridine rings is 1. The minimum absolute atomic E-state index is 0.0112. The van der Waals surface area contributed by atoms with E-state index >= 15 is 0 Å². The van der Waals surface area contributed by atoms with E-state index in [4.69, 9.17) is 4.74 Å². The summed E-state index contributed by atoms with van der Waals surface area (Å²) in [6.07, 6.45) is 2.57. The van der Waals surface area contributed by atoms with Gasteiger partial charge in [0.25, 0.3) is 0 Å². The van der Waals surface area contributed by atoms with Gasteiger partial charge in [0.05, 0.1) is 12.7 Å². The number of para-hydroxylation sites is 1. The van der Waals surface area contributed by atoms with Gasteiger partial charge in [-0.25, -0.2) is 9.78 Å². The molecule has 2 saturated heterocycles. The first-order valence-corrected chi connectivity index (χ1v) is 12.9. The van der Waals surface area contributed by atoms with Gasteiger partial charge in [-0.2, -0.15) is 0 Å². The average Bonchev–Trinajstić information content (AvgIpc) is 3.58. The second kappa shape index (κ2) is 9.65. The fraction of sp³-hybridized carbons (Fsp3) is 0.429. The zero-order valence-corrected chi connectivity index (χ0v) is 20.6. The first-order valence-electron chi connectivity index (χ1n) is 12.9. The average molecular weight is 528 g/mol. The number of alkyl halides is 3. The standard InChI is InChI=1S/C28H28F3N3O4/c29-28(30,31)38-24-6-2-1-4-20(24)21-14-32-26(16-8-9-16)22(21)15-37-19-12-17-10-11-18(13-19)34(17)25-7-3-5-23(33-25)27(35)36/h1-7,14,16-19,32H,8-13,15H2,(H,35,36). The number of hydrogen-bond donors (Lipinski definition) is 2. The highest BCUT2D eigenvalue weighted by atomic mass is 19.4. The van der Waals surface area contributed by atoms with E-state index in [1.54, 1.807) is 24.4 Å². The van der Waals surface area contributed by atoms with Crippen molar-refractivity contribution in [1.29, 1.82) is 0 Å². The highest BCUT2D eigenvalue weighted by Crippen LogP contribution is 2.46. The number of carboxylic acids is 1. The van der Waals surface area contributed by atoms with E-state index in [0.29, 0.717) is 29.5 Å². The van der Waals surface area contributed by atoms with E-state index in [0.717, 1.165) is 49.8 Å². The van der Waals surface area contributed by atoms with Crippen LogP contribution >= 0.6 is 0 Å². The van der Waals surface area contributed by atoms with Crippen molar-refractivity contribution in [2.75, 3.05) is 4.90 Å². The largest absolute Gasteiger partial charge is 0.573 e. The van der Waals surface area contributed by atoms with Crippen LogP contribution in [0, 0.1) is 0 Å². The molecule has 2 N–H and O–H groups in total. The molecule has 200 valence electrons. The molecule has 4 heterocycles. The second-order valence-electron chi connectivity index (χ2n) is 10.3. The minimum atomic E-state index is -4.78. The maximum atomic E-state index is 13.1. The van der Waals surface area contributed by atoms with Crippen LogP contribution in [0.25, 0.3) is 11.1 Å². The summed E-state index contributed by atoms with van der Waals surface area (Å²) < 4.78 is 50.0. The number of piperidine rings is 1. The Morgan fingerprint density at radius 1 is 1.03 bits per heavy atom. The summed E-state index contributed by atoms with van der Waals surface area (Å²) in [5.41, 5.74) is 2.99. The number of aromatic amines is 1. The smallest absolute Gasteiger partial charge is 0.477 e. The van der Waals surface area contributed by atoms with Gasteiger partial charge in [0.2, 0.25) is 0 Å². The van der Waals surface area contributed by atoms with E-state index in [1.165, 1.54) is 18.2 Å². The number of ether oxygens (including phenoxy) is 2. The highest BCUT2D eigenvalue weighted by molar-refractivity contribution is 5.85. The Labute approximate surface area is 217 Å². The molecule has 7 nitrogen and oxygen atoms in total. The topological polar surface area (TPSA) is 87.7 Å². The van der Waals surface area contributed by atoms with E-state index in [-0.39, 0.29) is 29.6 Å². The number of anilines is 1. The summed E-state index contributed by atoms with van der Waals surface area (Å²) in [5.74, 6) is -0.233. The van der Waals surface area contributed by atoms with Crippen molar-refractivity contribution in [3.8, 4) is 16.9 Å². The molecule has 10 heteroatoms. The van der Waals surface area contributed by atoms with E-state index in [9.17, 15) is 23.1 Å². The van der Waals surface area contributed by atoms with Crippen molar-refractivity contribution in [3.63, 3.8) is 0 Å². The second-order valence-corrected chi connectivity index (χ2v) is 10.3. The van der Waals surface area contributed by atoms with Crippen molar-refractivity contribution < 1.29 is 32.5 Å². The molecule has 1 saturated carbocycles. The molecular weight excluding hydrogens is 499 g/mol. The van der Waals surface area contributed by atoms with Crippen LogP contribution in [0.3, 0.4) is 0 Å². The zero-order valence-electron chi connectivity index (χ0n) is 20.6. The Kier molecular flexibility index (Phi) is 6.29. The third-order valence-corrected chi connectivity index (χ3v) is 7.78. The lowest BCUT2D eigenvalue weighted by atomic mass is 9.98. The zero-order chi connectivity index (χ0) is 26.4. The number of aromatic nitrogens is 2. The number of fused-ring (bicyclic) bond motifs is 2. The van der Waals surface area contributed by atoms with Gasteiger partial charge in [0, 0.05) is 40.7 Å². The number of rotatable bonds is 8. The van der Waals surface area contributed by atoms with Gasteiger partial charge in [-0.05, 0) is 62.6 Å². The number of H-pyrrole nitrogens is 1. The Morgan fingerprint density at radius 3 is 2.45 bits per heavy atom. The van der Waals surface area contributed by atoms with Crippen LogP contribution < -0.4 is 9.64 Å². The van der Waals surface area contributed by atoms with E-state index in [1.807, 2.05) is 6.07 Å². The Balaban J connectivity index is 1.20. The third kappa shape index (κ3) is 4.97. The number of aromatic carboxylic acids is 1. The first kappa shape index (κ1) is 24.8. The SMILES string of the molecule is O=C(O)c1cccc(N2C3CCC2CC(OCc2c(-c4ccccc4OC(F)(F)F)c[nH]c2C2CC2)C3)n1. The molecule has 2 bridgehead atoms. The number of carboxylic acid groups (broad SMARTS) is 1. The third-order valence-electron chi connectivity index (χ3n) is 7.78. The van der Waals surface area contributed by atoms with E-state index in [2.05, 4.69) is 19.6 Å². The fourth-order valence-corrected chi connectivity index (χ4v) is 6.03. The summed E-state index contributed by atoms with van der Waals surface area (Å²) in [5, 5.41) is 9.33. The van der Waals surface area contributed by atoms with Gasteiger partial charge in [0.1, 0.15) is 11.6 Å². The van der Waals surface area contributed by atoms with Crippen molar-refractivity contribution in [2.45, 2.75) is 75.6 Å². The van der Waals surface area contributed by atoms with Crippen molar-refractivity contribution >= 4 is 11.8 Å². The van der Waals surface area contributed by atoms with Crippen molar-refractivity contribution in [3.05, 3.63) is 65.6 Å². The number of carbonyl (C=O) groups is 1. The molecule has 0 radical (unpaired) electrons. The number of benzene rings is 1. The normalized spacial score (nSPS) is 23.0. The molecule has 2 aliphatic heterocycles. The molecule has 3 aromatic rings. The molecule has 1 aromatic carbocycles. The summed E-state index contributed by atoms with van der Waals surface area (Å²) in [7, 11) is 0. The molecule has 38 heavy (non-hydrogen) atoms. The maximum Gasteiger partial charge on any atom is 0.573 e. The first-order chi connectivity index (χ1) is 18.3. The summed E-state index contributed by atoms with van der Waals surface area (Å²) in [4.78, 5) is 21.3. The molecule has 2 aromatic heterocycles. The summed E-state index contributed by atoms with van der Waals surface area (Å²) in [6, 6.07) is 11.7. The molecular formula is C28H28F3N3O4. The van der Waals surface area contributed by atoms with Crippen LogP contribution in [0.15, 0.2) is 48.7 Å². The molecule has 2 atom stereocenters. The van der Waals surface area contributed by atoms with Crippen LogP contribution in [0.4, 0.5) is 19.0 Å². The van der Waals surface area contributed by atoms with Crippen molar-refractivity contribution in [2.24, 2.45) is 0 Å². The molecule has 0 spiro atoms. The number of nitrogens with one attached hydrogen (secondary N) is 1. The Morgan fingerprint density at radius 2 is 1.76 bits per heavy atom. The number of halogens is 3. The Hall–Kier alpha value is -3.53. The molecule has 3 aliphatic rings. The molecule has 2 unspecified atom stereocenters. The lowest BCUT2D eigenvalue weighted by Gasteiger charge is -2.39. The molecule has 0 amide bonds. The fourth-order valence-electron chi connectivity index (χ4n) is 6.03. The monoisotopic (exact) mass is 527 g/mol. The van der Waals surface area contributed by atoms with Gasteiger partial charge >= 0.3 is 12.3 Å². The highest BCUT2D eigenvalue weighted by Gasteiger charge is 2.42. The number of hydrogen-bond acceptors (Lipinski definition) is 5. The van der Waals surface area contributed by atoms with Crippen LogP contribution in [0.2, 0.25) is 0 Å². The van der Waals surface area contributed by atoms with Crippen molar-refractivity contribution in [1.82, 2.24) is 9.97 Å². The van der Waals surface area contributed by atoms with Crippen LogP contribution in [-0.2, 0) is 11.3 Å². The minimum Gasteiger partial charge on any atom is -0.477 e. The summed E-state index contributed by atoms with van der Waals surface area (Å²) in [6.45, 7) is 0.294. The molecule has 1 aliphatic carbocycles. The van der Waals surface area contributed by atoms with Gasteiger partial charge < -0.3 is 24.5 Å².